The van der Waals surface area contributed by atoms with E-state index >= 15 is 0 Å². The molecule has 0 atom stereocenters. The van der Waals surface area contributed by atoms with E-state index in [9.17, 15) is 4.79 Å². The molecule has 0 bridgehead atoms. The van der Waals surface area contributed by atoms with Crippen LogP contribution in [0.5, 0.6) is 0 Å². The highest BCUT2D eigenvalue weighted by Crippen LogP contribution is 2.28. The number of carbonyl (C=O) groups is 1. The highest BCUT2D eigenvalue weighted by molar-refractivity contribution is 7.99. The van der Waals surface area contributed by atoms with Crippen molar-refractivity contribution in [2.75, 3.05) is 12.3 Å². The van der Waals surface area contributed by atoms with Crippen molar-refractivity contribution in [2.24, 2.45) is 0 Å². The quantitative estimate of drug-likeness (QED) is 0.349. The molecule has 0 fully saturated rings. The normalized spacial score (nSPS) is 10.5. The maximum Gasteiger partial charge on any atom is 0.233 e. The zero-order valence-electron chi connectivity index (χ0n) is 17.9. The maximum atomic E-state index is 13.1. The molecule has 8 heteroatoms. The average molecular weight is 455 g/mol. The van der Waals surface area contributed by atoms with Crippen LogP contribution in [-0.4, -0.2) is 42.9 Å². The van der Waals surface area contributed by atoms with E-state index in [0.29, 0.717) is 24.1 Å². The summed E-state index contributed by atoms with van der Waals surface area (Å²) in [6.07, 6.45) is 3.70. The van der Waals surface area contributed by atoms with E-state index in [1.165, 1.54) is 11.8 Å². The van der Waals surface area contributed by atoms with Crippen LogP contribution in [0, 0.1) is 11.3 Å². The number of benzene rings is 2. The van der Waals surface area contributed by atoms with Gasteiger partial charge in [0.25, 0.3) is 0 Å². The SMILES string of the molecule is N#CCCN(Cc1cccnc1)C(=O)CSc1nnc(-c2ccccc2)n1-c1ccccc1. The third kappa shape index (κ3) is 5.64. The lowest BCUT2D eigenvalue weighted by molar-refractivity contribution is -0.128. The smallest absolute Gasteiger partial charge is 0.233 e. The summed E-state index contributed by atoms with van der Waals surface area (Å²) in [6, 6.07) is 25.6. The van der Waals surface area contributed by atoms with Gasteiger partial charge in [-0.3, -0.25) is 14.3 Å². The lowest BCUT2D eigenvalue weighted by atomic mass is 10.2. The van der Waals surface area contributed by atoms with Crippen molar-refractivity contribution in [3.8, 4) is 23.1 Å². The molecule has 0 aliphatic rings. The fraction of sp³-hybridized carbons (Fsp3) is 0.160. The van der Waals surface area contributed by atoms with Gasteiger partial charge in [0.05, 0.1) is 18.2 Å². The number of carbonyl (C=O) groups excluding carboxylic acids is 1. The molecule has 2 aromatic heterocycles. The summed E-state index contributed by atoms with van der Waals surface area (Å²) in [5.41, 5.74) is 2.79. The lowest BCUT2D eigenvalue weighted by Crippen LogP contribution is -2.33. The molecule has 33 heavy (non-hydrogen) atoms. The number of aromatic nitrogens is 4. The van der Waals surface area contributed by atoms with Gasteiger partial charge in [-0.05, 0) is 23.8 Å². The first kappa shape index (κ1) is 22.2. The second-order valence-electron chi connectivity index (χ2n) is 7.22. The van der Waals surface area contributed by atoms with Gasteiger partial charge in [0.2, 0.25) is 5.91 Å². The first-order valence-corrected chi connectivity index (χ1v) is 11.5. The zero-order valence-corrected chi connectivity index (χ0v) is 18.7. The molecule has 2 aromatic carbocycles. The summed E-state index contributed by atoms with van der Waals surface area (Å²) in [6.45, 7) is 0.779. The Bertz CT molecular complexity index is 1220. The second-order valence-corrected chi connectivity index (χ2v) is 8.16. The number of rotatable bonds is 9. The maximum absolute atomic E-state index is 13.1. The third-order valence-electron chi connectivity index (χ3n) is 4.95. The van der Waals surface area contributed by atoms with Crippen molar-refractivity contribution in [1.82, 2.24) is 24.6 Å². The molecule has 0 aliphatic heterocycles. The van der Waals surface area contributed by atoms with Crippen LogP contribution in [0.25, 0.3) is 17.1 Å². The highest BCUT2D eigenvalue weighted by Gasteiger charge is 2.19. The minimum atomic E-state index is -0.0667. The summed E-state index contributed by atoms with van der Waals surface area (Å²) < 4.78 is 1.97. The number of hydrogen-bond acceptors (Lipinski definition) is 6. The van der Waals surface area contributed by atoms with E-state index in [4.69, 9.17) is 5.26 Å². The molecule has 0 saturated heterocycles. The van der Waals surface area contributed by atoms with Gasteiger partial charge in [-0.1, -0.05) is 66.4 Å². The Hall–Kier alpha value is -3.96. The van der Waals surface area contributed by atoms with Crippen LogP contribution in [0.3, 0.4) is 0 Å². The Balaban J connectivity index is 1.56. The summed E-state index contributed by atoms with van der Waals surface area (Å²) in [5.74, 6) is 0.835. The van der Waals surface area contributed by atoms with Crippen LogP contribution in [0.1, 0.15) is 12.0 Å². The summed E-state index contributed by atoms with van der Waals surface area (Å²) in [5, 5.41) is 18.5. The van der Waals surface area contributed by atoms with Crippen LogP contribution in [0.15, 0.2) is 90.3 Å². The van der Waals surface area contributed by atoms with E-state index in [2.05, 4.69) is 21.3 Å². The zero-order chi connectivity index (χ0) is 22.9. The molecule has 164 valence electrons. The van der Waals surface area contributed by atoms with Crippen LogP contribution in [0.2, 0.25) is 0 Å². The van der Waals surface area contributed by atoms with Crippen LogP contribution in [-0.2, 0) is 11.3 Å². The van der Waals surface area contributed by atoms with Gasteiger partial charge in [0.15, 0.2) is 11.0 Å². The molecule has 2 heterocycles. The molecule has 4 aromatic rings. The van der Waals surface area contributed by atoms with E-state index in [1.54, 1.807) is 17.3 Å². The molecule has 0 saturated carbocycles. The molecule has 1 amide bonds. The monoisotopic (exact) mass is 454 g/mol. The molecule has 0 radical (unpaired) electrons. The fourth-order valence-electron chi connectivity index (χ4n) is 3.35. The van der Waals surface area contributed by atoms with E-state index < -0.39 is 0 Å². The molecule has 4 rings (SSSR count). The molecule has 0 spiro atoms. The van der Waals surface area contributed by atoms with Gasteiger partial charge < -0.3 is 4.90 Å². The molecule has 7 nitrogen and oxygen atoms in total. The van der Waals surface area contributed by atoms with Crippen molar-refractivity contribution < 1.29 is 4.79 Å². The van der Waals surface area contributed by atoms with E-state index in [0.717, 1.165) is 16.8 Å². The minimum absolute atomic E-state index is 0.0667. The standard InChI is InChI=1S/C25H22N6OS/c26-14-8-16-30(18-20-9-7-15-27-17-20)23(32)19-33-25-29-28-24(21-10-3-1-4-11-21)31(25)22-12-5-2-6-13-22/h1-7,9-13,15,17H,8,16,18-19H2. The van der Waals surface area contributed by atoms with E-state index in [1.807, 2.05) is 77.4 Å². The molecular formula is C25H22N6OS. The van der Waals surface area contributed by atoms with Crippen LogP contribution < -0.4 is 0 Å². The largest absolute Gasteiger partial charge is 0.337 e. The Kier molecular flexibility index (Phi) is 7.46. The van der Waals surface area contributed by atoms with Crippen LogP contribution in [0.4, 0.5) is 0 Å². The number of para-hydroxylation sites is 1. The molecular weight excluding hydrogens is 432 g/mol. The Morgan fingerprint density at radius 2 is 1.76 bits per heavy atom. The predicted octanol–water partition coefficient (Wildman–Crippen LogP) is 4.36. The van der Waals surface area contributed by atoms with Gasteiger partial charge in [-0.2, -0.15) is 5.26 Å². The minimum Gasteiger partial charge on any atom is -0.337 e. The average Bonchev–Trinajstić information content (AvgIpc) is 3.31. The fourth-order valence-corrected chi connectivity index (χ4v) is 4.21. The Morgan fingerprint density at radius 3 is 2.45 bits per heavy atom. The number of nitriles is 1. The molecule has 0 aliphatic carbocycles. The van der Waals surface area contributed by atoms with Gasteiger partial charge in [0, 0.05) is 36.7 Å². The number of pyridine rings is 1. The van der Waals surface area contributed by atoms with Crippen LogP contribution >= 0.6 is 11.8 Å². The van der Waals surface area contributed by atoms with Gasteiger partial charge in [-0.15, -0.1) is 10.2 Å². The number of nitrogens with zero attached hydrogens (tertiary/aromatic N) is 6. The van der Waals surface area contributed by atoms with Crippen molar-refractivity contribution >= 4 is 17.7 Å². The lowest BCUT2D eigenvalue weighted by Gasteiger charge is -2.21. The number of hydrogen-bond donors (Lipinski definition) is 0. The summed E-state index contributed by atoms with van der Waals surface area (Å²) in [4.78, 5) is 18.9. The van der Waals surface area contributed by atoms with Crippen molar-refractivity contribution in [3.05, 3.63) is 90.8 Å². The number of amides is 1. The molecule has 0 N–H and O–H groups in total. The second kappa shape index (κ2) is 11.1. The summed E-state index contributed by atoms with van der Waals surface area (Å²) in [7, 11) is 0. The third-order valence-corrected chi connectivity index (χ3v) is 5.86. The van der Waals surface area contributed by atoms with Crippen molar-refractivity contribution in [2.45, 2.75) is 18.1 Å². The highest BCUT2D eigenvalue weighted by atomic mass is 32.2. The van der Waals surface area contributed by atoms with E-state index in [-0.39, 0.29) is 18.1 Å². The van der Waals surface area contributed by atoms with Gasteiger partial charge in [0.1, 0.15) is 0 Å². The van der Waals surface area contributed by atoms with Gasteiger partial charge in [-0.25, -0.2) is 0 Å². The first-order valence-electron chi connectivity index (χ1n) is 10.5. The Labute approximate surface area is 196 Å². The predicted molar refractivity (Wildman–Crippen MR) is 127 cm³/mol. The van der Waals surface area contributed by atoms with Crippen molar-refractivity contribution in [1.29, 1.82) is 5.26 Å². The molecule has 0 unspecified atom stereocenters. The first-order chi connectivity index (χ1) is 16.3. The summed E-state index contributed by atoms with van der Waals surface area (Å²) >= 11 is 1.34. The van der Waals surface area contributed by atoms with Crippen molar-refractivity contribution in [3.63, 3.8) is 0 Å². The van der Waals surface area contributed by atoms with Gasteiger partial charge >= 0.3 is 0 Å². The topological polar surface area (TPSA) is 87.7 Å². The number of thioether (sulfide) groups is 1. The Morgan fingerprint density at radius 1 is 1.00 bits per heavy atom.